The van der Waals surface area contributed by atoms with Crippen molar-refractivity contribution in [2.75, 3.05) is 0 Å². The molecule has 0 aliphatic rings. The van der Waals surface area contributed by atoms with Gasteiger partial charge in [-0.1, -0.05) is 39.0 Å². The van der Waals surface area contributed by atoms with Crippen LogP contribution in [0.5, 0.6) is 5.75 Å². The monoisotopic (exact) mass is 286 g/mol. The van der Waals surface area contributed by atoms with Gasteiger partial charge in [0.1, 0.15) is 5.75 Å². The van der Waals surface area contributed by atoms with E-state index in [0.717, 1.165) is 10.5 Å². The lowest BCUT2D eigenvalue weighted by Gasteiger charge is -2.22. The van der Waals surface area contributed by atoms with Gasteiger partial charge in [0.05, 0.1) is 5.56 Å². The topological polar surface area (TPSA) is 26.3 Å². The van der Waals surface area contributed by atoms with Gasteiger partial charge >= 0.3 is 5.97 Å². The Morgan fingerprint density at radius 2 is 1.70 bits per heavy atom. The van der Waals surface area contributed by atoms with Crippen molar-refractivity contribution in [3.63, 3.8) is 0 Å². The van der Waals surface area contributed by atoms with E-state index in [1.54, 1.807) is 18.2 Å². The Hall–Kier alpha value is -1.74. The van der Waals surface area contributed by atoms with Crippen LogP contribution in [-0.2, 0) is 5.41 Å². The molecule has 2 aromatic carbocycles. The van der Waals surface area contributed by atoms with E-state index in [1.807, 2.05) is 30.3 Å². The van der Waals surface area contributed by atoms with Crippen LogP contribution in [0.1, 0.15) is 36.7 Å². The summed E-state index contributed by atoms with van der Waals surface area (Å²) < 4.78 is 5.54. The zero-order chi connectivity index (χ0) is 14.8. The molecule has 0 heterocycles. The molecule has 0 radical (unpaired) electrons. The molecule has 104 valence electrons. The van der Waals surface area contributed by atoms with Crippen LogP contribution in [0.2, 0.25) is 0 Å². The second-order valence-corrected chi connectivity index (χ2v) is 6.20. The summed E-state index contributed by atoms with van der Waals surface area (Å²) in [4.78, 5) is 13.0. The summed E-state index contributed by atoms with van der Waals surface area (Å²) in [6.07, 6.45) is 0. The summed E-state index contributed by atoms with van der Waals surface area (Å²) in [5.74, 6) is 0.243. The Morgan fingerprint density at radius 3 is 2.30 bits per heavy atom. The van der Waals surface area contributed by atoms with E-state index in [-0.39, 0.29) is 11.4 Å². The van der Waals surface area contributed by atoms with Gasteiger partial charge in [-0.15, -0.1) is 12.6 Å². The van der Waals surface area contributed by atoms with E-state index in [4.69, 9.17) is 4.74 Å². The first-order chi connectivity index (χ1) is 9.38. The Labute approximate surface area is 125 Å². The fourth-order valence-corrected chi connectivity index (χ4v) is 2.13. The number of thiol groups is 1. The highest BCUT2D eigenvalue weighted by Gasteiger charge is 2.21. The average molecular weight is 286 g/mol. The minimum Gasteiger partial charge on any atom is -0.423 e. The zero-order valence-corrected chi connectivity index (χ0v) is 12.8. The van der Waals surface area contributed by atoms with E-state index < -0.39 is 0 Å². The molecule has 0 N–H and O–H groups in total. The predicted octanol–water partition coefficient (Wildman–Crippen LogP) is 4.49. The van der Waals surface area contributed by atoms with Crippen LogP contribution in [0.3, 0.4) is 0 Å². The Morgan fingerprint density at radius 1 is 1.05 bits per heavy atom. The summed E-state index contributed by atoms with van der Waals surface area (Å²) in [6.45, 7) is 6.24. The molecule has 0 bridgehead atoms. The number of benzene rings is 2. The number of ether oxygens (including phenoxy) is 1. The number of rotatable bonds is 2. The Bertz CT molecular complexity index is 613. The maximum Gasteiger partial charge on any atom is 0.343 e. The molecule has 0 spiro atoms. The van der Waals surface area contributed by atoms with Crippen molar-refractivity contribution in [1.29, 1.82) is 0 Å². The van der Waals surface area contributed by atoms with Crippen LogP contribution in [0.25, 0.3) is 0 Å². The van der Waals surface area contributed by atoms with Gasteiger partial charge in [0.25, 0.3) is 0 Å². The molecule has 2 aromatic rings. The molecule has 2 rings (SSSR count). The van der Waals surface area contributed by atoms with Gasteiger partial charge in [0.2, 0.25) is 0 Å². The molecule has 0 atom stereocenters. The summed E-state index contributed by atoms with van der Waals surface area (Å²) >= 11 is 4.35. The van der Waals surface area contributed by atoms with Gasteiger partial charge in [-0.2, -0.15) is 0 Å². The van der Waals surface area contributed by atoms with Crippen molar-refractivity contribution in [3.8, 4) is 5.75 Å². The maximum atomic E-state index is 12.1. The third kappa shape index (κ3) is 3.42. The van der Waals surface area contributed by atoms with Crippen LogP contribution in [0.4, 0.5) is 0 Å². The van der Waals surface area contributed by atoms with Crippen LogP contribution in [0.15, 0.2) is 53.4 Å². The first-order valence-corrected chi connectivity index (χ1v) is 6.93. The first kappa shape index (κ1) is 14.7. The average Bonchev–Trinajstić information content (AvgIpc) is 2.40. The van der Waals surface area contributed by atoms with Crippen molar-refractivity contribution < 1.29 is 9.53 Å². The number of carbonyl (C=O) groups is 1. The third-order valence-electron chi connectivity index (χ3n) is 2.98. The van der Waals surface area contributed by atoms with Crippen LogP contribution in [-0.4, -0.2) is 5.97 Å². The summed E-state index contributed by atoms with van der Waals surface area (Å²) in [5.41, 5.74) is 1.39. The minimum absolute atomic E-state index is 0.120. The molecule has 2 nitrogen and oxygen atoms in total. The van der Waals surface area contributed by atoms with Gasteiger partial charge in [0, 0.05) is 10.5 Å². The number of carbonyl (C=O) groups excluding carboxylic acids is 1. The molecular formula is C17H18O2S. The smallest absolute Gasteiger partial charge is 0.343 e. The standard InChI is InChI=1S/C17H18O2S/c1-17(2,3)14-11-13(20)9-10-15(14)19-16(18)12-7-5-4-6-8-12/h4-11,20H,1-3H3. The lowest BCUT2D eigenvalue weighted by atomic mass is 9.86. The lowest BCUT2D eigenvalue weighted by molar-refractivity contribution is 0.0732. The van der Waals surface area contributed by atoms with Gasteiger partial charge in [-0.05, 0) is 35.7 Å². The maximum absolute atomic E-state index is 12.1. The molecular weight excluding hydrogens is 268 g/mol. The molecule has 20 heavy (non-hydrogen) atoms. The fourth-order valence-electron chi connectivity index (χ4n) is 1.93. The summed E-state index contributed by atoms with van der Waals surface area (Å²) in [6, 6.07) is 14.5. The summed E-state index contributed by atoms with van der Waals surface area (Å²) in [7, 11) is 0. The van der Waals surface area contributed by atoms with Gasteiger partial charge in [-0.3, -0.25) is 0 Å². The lowest BCUT2D eigenvalue weighted by Crippen LogP contribution is -2.16. The molecule has 0 saturated carbocycles. The molecule has 0 unspecified atom stereocenters. The fraction of sp³-hybridized carbons (Fsp3) is 0.235. The molecule has 3 heteroatoms. The first-order valence-electron chi connectivity index (χ1n) is 6.48. The molecule has 0 saturated heterocycles. The number of hydrogen-bond donors (Lipinski definition) is 1. The molecule has 0 amide bonds. The van der Waals surface area contributed by atoms with E-state index in [0.29, 0.717) is 11.3 Å². The summed E-state index contributed by atoms with van der Waals surface area (Å²) in [5, 5.41) is 0. The molecule has 0 aliphatic carbocycles. The Kier molecular flexibility index (Phi) is 4.19. The highest BCUT2D eigenvalue weighted by Crippen LogP contribution is 2.33. The van der Waals surface area contributed by atoms with E-state index in [9.17, 15) is 4.79 Å². The third-order valence-corrected chi connectivity index (χ3v) is 3.26. The highest BCUT2D eigenvalue weighted by molar-refractivity contribution is 7.80. The highest BCUT2D eigenvalue weighted by atomic mass is 32.1. The zero-order valence-electron chi connectivity index (χ0n) is 11.9. The van der Waals surface area contributed by atoms with Crippen molar-refractivity contribution in [1.82, 2.24) is 0 Å². The predicted molar refractivity (Wildman–Crippen MR) is 83.8 cm³/mol. The van der Waals surface area contributed by atoms with Crippen molar-refractivity contribution >= 4 is 18.6 Å². The van der Waals surface area contributed by atoms with E-state index in [2.05, 4.69) is 33.4 Å². The van der Waals surface area contributed by atoms with E-state index in [1.165, 1.54) is 0 Å². The van der Waals surface area contributed by atoms with Crippen LogP contribution < -0.4 is 4.74 Å². The Balaban J connectivity index is 2.33. The second kappa shape index (κ2) is 5.71. The van der Waals surface area contributed by atoms with Crippen LogP contribution in [0, 0.1) is 0 Å². The molecule has 0 fully saturated rings. The van der Waals surface area contributed by atoms with Crippen LogP contribution >= 0.6 is 12.6 Å². The van der Waals surface area contributed by atoms with Crippen molar-refractivity contribution in [3.05, 3.63) is 59.7 Å². The molecule has 0 aromatic heterocycles. The normalized spacial score (nSPS) is 11.2. The molecule has 0 aliphatic heterocycles. The van der Waals surface area contributed by atoms with Crippen molar-refractivity contribution in [2.45, 2.75) is 31.1 Å². The van der Waals surface area contributed by atoms with Gasteiger partial charge in [0.15, 0.2) is 0 Å². The SMILES string of the molecule is CC(C)(C)c1cc(S)ccc1OC(=O)c1ccccc1. The second-order valence-electron chi connectivity index (χ2n) is 5.69. The van der Waals surface area contributed by atoms with Crippen molar-refractivity contribution in [2.24, 2.45) is 0 Å². The van der Waals surface area contributed by atoms with Gasteiger partial charge < -0.3 is 4.74 Å². The van der Waals surface area contributed by atoms with Gasteiger partial charge in [-0.25, -0.2) is 4.79 Å². The van der Waals surface area contributed by atoms with E-state index >= 15 is 0 Å². The number of hydrogen-bond acceptors (Lipinski definition) is 3. The number of esters is 1. The quantitative estimate of drug-likeness (QED) is 0.500. The minimum atomic E-state index is -0.344. The largest absolute Gasteiger partial charge is 0.423 e.